The molecule has 4 rings (SSSR count). The van der Waals surface area contributed by atoms with Crippen molar-refractivity contribution < 1.29 is 9.21 Å². The summed E-state index contributed by atoms with van der Waals surface area (Å²) in [6, 6.07) is 26.7. The number of carbonyl (C=O) groups is 1. The molecule has 0 aliphatic heterocycles. The summed E-state index contributed by atoms with van der Waals surface area (Å²) in [5.74, 6) is -0.769. The third-order valence-corrected chi connectivity index (χ3v) is 4.70. The molecule has 0 saturated heterocycles. The SMILES string of the molecule is O=C(Cn1c(=O)oc2ccccc21)N[C@H](Cc1ccccc1)c1ccccc1. The fourth-order valence-corrected chi connectivity index (χ4v) is 3.33. The summed E-state index contributed by atoms with van der Waals surface area (Å²) in [6.45, 7) is -0.0893. The first-order valence-corrected chi connectivity index (χ1v) is 9.17. The fourth-order valence-electron chi connectivity index (χ4n) is 3.33. The minimum atomic E-state index is -0.532. The smallest absolute Gasteiger partial charge is 0.408 e. The number of nitrogens with zero attached hydrogens (tertiary/aromatic N) is 1. The molecule has 4 aromatic rings. The second kappa shape index (κ2) is 7.96. The number of rotatable bonds is 6. The van der Waals surface area contributed by atoms with Crippen LogP contribution in [0.25, 0.3) is 11.1 Å². The van der Waals surface area contributed by atoms with Crippen LogP contribution in [0.15, 0.2) is 94.1 Å². The van der Waals surface area contributed by atoms with Crippen molar-refractivity contribution in [1.82, 2.24) is 9.88 Å². The molecule has 1 heterocycles. The van der Waals surface area contributed by atoms with Crippen LogP contribution in [0.1, 0.15) is 17.2 Å². The van der Waals surface area contributed by atoms with Gasteiger partial charge in [-0.25, -0.2) is 4.79 Å². The van der Waals surface area contributed by atoms with E-state index in [1.807, 2.05) is 66.7 Å². The van der Waals surface area contributed by atoms with Gasteiger partial charge in [0.2, 0.25) is 5.91 Å². The molecule has 0 aliphatic carbocycles. The molecule has 0 unspecified atom stereocenters. The summed E-state index contributed by atoms with van der Waals surface area (Å²) >= 11 is 0. The molecular formula is C23H20N2O3. The van der Waals surface area contributed by atoms with Crippen molar-refractivity contribution in [3.63, 3.8) is 0 Å². The van der Waals surface area contributed by atoms with E-state index in [0.717, 1.165) is 11.1 Å². The zero-order chi connectivity index (χ0) is 19.3. The predicted molar refractivity (Wildman–Crippen MR) is 108 cm³/mol. The Bertz CT molecular complexity index is 1130. The van der Waals surface area contributed by atoms with Crippen LogP contribution in [-0.4, -0.2) is 10.5 Å². The van der Waals surface area contributed by atoms with E-state index in [4.69, 9.17) is 4.42 Å². The second-order valence-corrected chi connectivity index (χ2v) is 6.64. The topological polar surface area (TPSA) is 64.2 Å². The summed E-state index contributed by atoms with van der Waals surface area (Å²) in [5.41, 5.74) is 3.23. The highest BCUT2D eigenvalue weighted by Crippen LogP contribution is 2.19. The predicted octanol–water partition coefficient (Wildman–Crippen LogP) is 3.69. The van der Waals surface area contributed by atoms with Gasteiger partial charge in [0.05, 0.1) is 11.6 Å². The van der Waals surface area contributed by atoms with Gasteiger partial charge in [0.25, 0.3) is 0 Å². The van der Waals surface area contributed by atoms with Gasteiger partial charge in [-0.05, 0) is 29.7 Å². The summed E-state index contributed by atoms with van der Waals surface area (Å²) in [4.78, 5) is 24.9. The van der Waals surface area contributed by atoms with E-state index in [-0.39, 0.29) is 18.5 Å². The van der Waals surface area contributed by atoms with Crippen molar-refractivity contribution >= 4 is 17.0 Å². The molecule has 0 saturated carbocycles. The van der Waals surface area contributed by atoms with E-state index < -0.39 is 5.76 Å². The molecule has 1 aromatic heterocycles. The number of fused-ring (bicyclic) bond motifs is 1. The molecule has 0 radical (unpaired) electrons. The maximum Gasteiger partial charge on any atom is 0.420 e. The van der Waals surface area contributed by atoms with Crippen molar-refractivity contribution in [2.24, 2.45) is 0 Å². The lowest BCUT2D eigenvalue weighted by Gasteiger charge is -2.19. The van der Waals surface area contributed by atoms with Gasteiger partial charge in [-0.2, -0.15) is 0 Å². The zero-order valence-electron chi connectivity index (χ0n) is 15.2. The third kappa shape index (κ3) is 3.88. The average molecular weight is 372 g/mol. The molecule has 1 amide bonds. The van der Waals surface area contributed by atoms with Gasteiger partial charge < -0.3 is 9.73 Å². The lowest BCUT2D eigenvalue weighted by Crippen LogP contribution is -2.34. The average Bonchev–Trinajstić information content (AvgIpc) is 3.04. The van der Waals surface area contributed by atoms with Crippen molar-refractivity contribution in [1.29, 1.82) is 0 Å². The Balaban J connectivity index is 1.56. The Kier molecular flexibility index (Phi) is 5.06. The van der Waals surface area contributed by atoms with Crippen LogP contribution >= 0.6 is 0 Å². The maximum absolute atomic E-state index is 12.8. The maximum atomic E-state index is 12.8. The summed E-state index contributed by atoms with van der Waals surface area (Å²) in [7, 11) is 0. The number of carbonyl (C=O) groups excluding carboxylic acids is 1. The number of oxazole rings is 1. The molecule has 0 fully saturated rings. The number of amides is 1. The Morgan fingerprint density at radius 3 is 2.29 bits per heavy atom. The number of para-hydroxylation sites is 2. The zero-order valence-corrected chi connectivity index (χ0v) is 15.2. The highest BCUT2D eigenvalue weighted by Gasteiger charge is 2.18. The first-order valence-electron chi connectivity index (χ1n) is 9.17. The molecule has 0 bridgehead atoms. The molecule has 5 heteroatoms. The molecule has 3 aromatic carbocycles. The van der Waals surface area contributed by atoms with Crippen molar-refractivity contribution in [3.05, 3.63) is 107 Å². The van der Waals surface area contributed by atoms with E-state index in [1.54, 1.807) is 18.2 Å². The first-order chi connectivity index (χ1) is 13.7. The molecule has 5 nitrogen and oxygen atoms in total. The van der Waals surface area contributed by atoms with Gasteiger partial charge in [0, 0.05) is 0 Å². The molecule has 0 aliphatic rings. The van der Waals surface area contributed by atoms with Crippen LogP contribution < -0.4 is 11.1 Å². The molecular weight excluding hydrogens is 352 g/mol. The van der Waals surface area contributed by atoms with Crippen LogP contribution in [-0.2, 0) is 17.8 Å². The van der Waals surface area contributed by atoms with E-state index >= 15 is 0 Å². The number of aromatic nitrogens is 1. The van der Waals surface area contributed by atoms with Crippen molar-refractivity contribution in [3.8, 4) is 0 Å². The van der Waals surface area contributed by atoms with Crippen LogP contribution in [0.4, 0.5) is 0 Å². The largest absolute Gasteiger partial charge is 0.420 e. The Morgan fingerprint density at radius 2 is 1.54 bits per heavy atom. The lowest BCUT2D eigenvalue weighted by molar-refractivity contribution is -0.122. The number of hydrogen-bond donors (Lipinski definition) is 1. The van der Waals surface area contributed by atoms with Gasteiger partial charge in [-0.1, -0.05) is 72.8 Å². The number of hydrogen-bond acceptors (Lipinski definition) is 3. The fraction of sp³-hybridized carbons (Fsp3) is 0.130. The lowest BCUT2D eigenvalue weighted by atomic mass is 9.99. The molecule has 28 heavy (non-hydrogen) atoms. The standard InChI is InChI=1S/C23H20N2O3/c26-22(16-25-20-13-7-8-14-21(20)28-23(25)27)24-19(18-11-5-2-6-12-18)15-17-9-3-1-4-10-17/h1-14,19H,15-16H2,(H,24,26)/t19-/m1/s1. The molecule has 0 spiro atoms. The summed E-state index contributed by atoms with van der Waals surface area (Å²) < 4.78 is 6.57. The van der Waals surface area contributed by atoms with Gasteiger partial charge in [0.15, 0.2) is 5.58 Å². The van der Waals surface area contributed by atoms with Gasteiger partial charge in [-0.15, -0.1) is 0 Å². The first kappa shape index (κ1) is 17.8. The van der Waals surface area contributed by atoms with Gasteiger partial charge in [0.1, 0.15) is 6.54 Å². The van der Waals surface area contributed by atoms with Crippen LogP contribution in [0.2, 0.25) is 0 Å². The highest BCUT2D eigenvalue weighted by molar-refractivity contribution is 5.79. The van der Waals surface area contributed by atoms with E-state index in [9.17, 15) is 9.59 Å². The summed E-state index contributed by atoms with van der Waals surface area (Å²) in [5, 5.41) is 3.07. The van der Waals surface area contributed by atoms with E-state index in [1.165, 1.54) is 4.57 Å². The van der Waals surface area contributed by atoms with Crippen LogP contribution in [0.5, 0.6) is 0 Å². The van der Waals surface area contributed by atoms with Crippen molar-refractivity contribution in [2.75, 3.05) is 0 Å². The van der Waals surface area contributed by atoms with Gasteiger partial charge >= 0.3 is 5.76 Å². The van der Waals surface area contributed by atoms with Crippen LogP contribution in [0, 0.1) is 0 Å². The second-order valence-electron chi connectivity index (χ2n) is 6.64. The van der Waals surface area contributed by atoms with Crippen LogP contribution in [0.3, 0.4) is 0 Å². The minimum absolute atomic E-state index is 0.0893. The molecule has 1 N–H and O–H groups in total. The highest BCUT2D eigenvalue weighted by atomic mass is 16.4. The number of nitrogens with one attached hydrogen (secondary N) is 1. The molecule has 1 atom stereocenters. The third-order valence-electron chi connectivity index (χ3n) is 4.70. The molecule has 140 valence electrons. The number of benzene rings is 3. The van der Waals surface area contributed by atoms with E-state index in [2.05, 4.69) is 5.32 Å². The minimum Gasteiger partial charge on any atom is -0.408 e. The Morgan fingerprint density at radius 1 is 0.893 bits per heavy atom. The quantitative estimate of drug-likeness (QED) is 0.561. The Hall–Kier alpha value is -3.60. The Labute approximate surface area is 162 Å². The monoisotopic (exact) mass is 372 g/mol. The summed E-state index contributed by atoms with van der Waals surface area (Å²) in [6.07, 6.45) is 0.664. The van der Waals surface area contributed by atoms with Crippen molar-refractivity contribution in [2.45, 2.75) is 19.0 Å². The van der Waals surface area contributed by atoms with Gasteiger partial charge in [-0.3, -0.25) is 9.36 Å². The van der Waals surface area contributed by atoms with E-state index in [0.29, 0.717) is 17.5 Å². The normalized spacial score (nSPS) is 12.0.